The molecule has 0 radical (unpaired) electrons. The third kappa shape index (κ3) is 4.70. The van der Waals surface area contributed by atoms with Gasteiger partial charge in [-0.2, -0.15) is 0 Å². The Morgan fingerprint density at radius 1 is 1.19 bits per heavy atom. The first kappa shape index (κ1) is 21.1. The number of benzene rings is 1. The number of piperidine rings is 1. The summed E-state index contributed by atoms with van der Waals surface area (Å²) in [4.78, 5) is 10.9. The molecule has 1 aromatic carbocycles. The Morgan fingerprint density at radius 3 is 2.66 bits per heavy atom. The molecule has 1 aliphatic heterocycles. The smallest absolute Gasteiger partial charge is 0.250 e. The molecule has 1 saturated heterocycles. The highest BCUT2D eigenvalue weighted by molar-refractivity contribution is 6.30. The van der Waals surface area contributed by atoms with E-state index in [2.05, 4.69) is 25.1 Å². The van der Waals surface area contributed by atoms with E-state index in [1.807, 2.05) is 0 Å². The maximum absolute atomic E-state index is 14.4. The van der Waals surface area contributed by atoms with E-state index < -0.39 is 5.82 Å². The van der Waals surface area contributed by atoms with Crippen molar-refractivity contribution in [2.45, 2.75) is 32.6 Å². The van der Waals surface area contributed by atoms with Crippen LogP contribution in [0, 0.1) is 30.5 Å². The van der Waals surface area contributed by atoms with Gasteiger partial charge in [0.2, 0.25) is 11.8 Å². The fourth-order valence-electron chi connectivity index (χ4n) is 4.67. The Labute approximate surface area is 191 Å². The number of hydrogen-bond acceptors (Lipinski definition) is 7. The van der Waals surface area contributed by atoms with Crippen molar-refractivity contribution in [1.29, 1.82) is 0 Å². The molecule has 0 amide bonds. The highest BCUT2D eigenvalue weighted by Crippen LogP contribution is 2.49. The number of ether oxygens (including phenoxy) is 1. The molecular weight excluding hydrogens is 433 g/mol. The minimum Gasteiger partial charge on any atom is -0.493 e. The van der Waals surface area contributed by atoms with Crippen LogP contribution in [0.1, 0.15) is 31.6 Å². The third-order valence-corrected chi connectivity index (χ3v) is 6.66. The predicted molar refractivity (Wildman–Crippen MR) is 118 cm³/mol. The van der Waals surface area contributed by atoms with Crippen LogP contribution in [0.15, 0.2) is 35.0 Å². The molecule has 2 aromatic heterocycles. The first-order chi connectivity index (χ1) is 15.6. The van der Waals surface area contributed by atoms with E-state index in [0.717, 1.165) is 50.1 Å². The molecule has 9 heteroatoms. The van der Waals surface area contributed by atoms with E-state index in [1.165, 1.54) is 12.5 Å². The lowest BCUT2D eigenvalue weighted by atomic mass is 9.90. The minimum atomic E-state index is -0.424. The van der Waals surface area contributed by atoms with Crippen molar-refractivity contribution in [2.75, 3.05) is 24.6 Å². The first-order valence-electron chi connectivity index (χ1n) is 11.0. The maximum Gasteiger partial charge on any atom is 0.250 e. The molecule has 7 nitrogen and oxygen atoms in total. The van der Waals surface area contributed by atoms with Crippen molar-refractivity contribution < 1.29 is 13.5 Å². The second-order valence-electron chi connectivity index (χ2n) is 8.59. The number of halogens is 2. The van der Waals surface area contributed by atoms with E-state index in [9.17, 15) is 4.39 Å². The number of nitrogens with zero attached hydrogens (tertiary/aromatic N) is 5. The van der Waals surface area contributed by atoms with Gasteiger partial charge in [-0.25, -0.2) is 14.4 Å². The van der Waals surface area contributed by atoms with Gasteiger partial charge < -0.3 is 14.1 Å². The molecule has 0 bridgehead atoms. The highest BCUT2D eigenvalue weighted by Gasteiger charge is 2.43. The highest BCUT2D eigenvalue weighted by atomic mass is 35.5. The largest absolute Gasteiger partial charge is 0.493 e. The number of hydrogen-bond donors (Lipinski definition) is 0. The Bertz CT molecular complexity index is 1070. The van der Waals surface area contributed by atoms with Crippen LogP contribution in [0.5, 0.6) is 5.75 Å². The molecule has 3 aromatic rings. The second kappa shape index (κ2) is 9.02. The summed E-state index contributed by atoms with van der Waals surface area (Å²) in [6.45, 7) is 4.24. The second-order valence-corrected chi connectivity index (χ2v) is 9.03. The van der Waals surface area contributed by atoms with Crippen molar-refractivity contribution in [3.63, 3.8) is 0 Å². The average Bonchev–Trinajstić information content (AvgIpc) is 3.44. The lowest BCUT2D eigenvalue weighted by molar-refractivity contribution is 0.283. The van der Waals surface area contributed by atoms with E-state index >= 15 is 0 Å². The van der Waals surface area contributed by atoms with Crippen molar-refractivity contribution in [3.8, 4) is 17.2 Å². The lowest BCUT2D eigenvalue weighted by Gasteiger charge is -2.32. The molecule has 5 rings (SSSR count). The van der Waals surface area contributed by atoms with E-state index in [0.29, 0.717) is 29.2 Å². The average molecular weight is 458 g/mol. The van der Waals surface area contributed by atoms with E-state index in [1.54, 1.807) is 31.5 Å². The molecule has 2 fully saturated rings. The molecule has 1 aliphatic carbocycles. The Hall–Kier alpha value is -2.74. The van der Waals surface area contributed by atoms with Gasteiger partial charge in [0.25, 0.3) is 5.89 Å². The zero-order valence-corrected chi connectivity index (χ0v) is 18.6. The SMILES string of the molecule is Cc1nnc(-c2ccc(OCC[C@@H]3C[C@@H]3C3CCN(c4ncc(Cl)cn4)CC3)cc2F)o1. The molecule has 1 saturated carbocycles. The summed E-state index contributed by atoms with van der Waals surface area (Å²) < 4.78 is 25.5. The summed E-state index contributed by atoms with van der Waals surface area (Å²) in [5.41, 5.74) is 0.288. The van der Waals surface area contributed by atoms with Crippen LogP contribution >= 0.6 is 11.6 Å². The van der Waals surface area contributed by atoms with Gasteiger partial charge in [0.05, 0.1) is 29.6 Å². The van der Waals surface area contributed by atoms with Gasteiger partial charge in [-0.3, -0.25) is 0 Å². The summed E-state index contributed by atoms with van der Waals surface area (Å²) in [7, 11) is 0. The van der Waals surface area contributed by atoms with Crippen molar-refractivity contribution in [2.24, 2.45) is 17.8 Å². The molecule has 0 unspecified atom stereocenters. The molecular formula is C23H25ClFN5O2. The van der Waals surface area contributed by atoms with Crippen molar-refractivity contribution >= 4 is 17.5 Å². The van der Waals surface area contributed by atoms with Crippen LogP contribution in [0.2, 0.25) is 5.02 Å². The summed E-state index contributed by atoms with van der Waals surface area (Å²) >= 11 is 5.88. The van der Waals surface area contributed by atoms with Gasteiger partial charge in [-0.1, -0.05) is 11.6 Å². The summed E-state index contributed by atoms with van der Waals surface area (Å²) in [5, 5.41) is 8.17. The number of rotatable bonds is 7. The first-order valence-corrected chi connectivity index (χ1v) is 11.4. The monoisotopic (exact) mass is 457 g/mol. The fourth-order valence-corrected chi connectivity index (χ4v) is 4.77. The van der Waals surface area contributed by atoms with Gasteiger partial charge in [0.1, 0.15) is 11.6 Å². The van der Waals surface area contributed by atoms with Crippen LogP contribution in [-0.2, 0) is 0 Å². The zero-order chi connectivity index (χ0) is 22.1. The zero-order valence-electron chi connectivity index (χ0n) is 17.9. The van der Waals surface area contributed by atoms with Crippen molar-refractivity contribution in [1.82, 2.24) is 20.2 Å². The molecule has 3 heterocycles. The van der Waals surface area contributed by atoms with Crippen LogP contribution in [0.25, 0.3) is 11.5 Å². The van der Waals surface area contributed by atoms with Crippen molar-refractivity contribution in [3.05, 3.63) is 47.3 Å². The number of aromatic nitrogens is 4. The molecule has 0 spiro atoms. The Morgan fingerprint density at radius 2 is 1.97 bits per heavy atom. The van der Waals surface area contributed by atoms with Gasteiger partial charge >= 0.3 is 0 Å². The van der Waals surface area contributed by atoms with Gasteiger partial charge in [-0.15, -0.1) is 10.2 Å². The van der Waals surface area contributed by atoms with Crippen LogP contribution in [-0.4, -0.2) is 39.9 Å². The Balaban J connectivity index is 1.06. The van der Waals surface area contributed by atoms with Gasteiger partial charge in [-0.05, 0) is 55.6 Å². The van der Waals surface area contributed by atoms with Crippen LogP contribution in [0.4, 0.5) is 10.3 Å². The van der Waals surface area contributed by atoms with E-state index in [-0.39, 0.29) is 11.5 Å². The quantitative estimate of drug-likeness (QED) is 0.496. The van der Waals surface area contributed by atoms with Gasteiger partial charge in [0.15, 0.2) is 0 Å². The summed E-state index contributed by atoms with van der Waals surface area (Å²) in [5.74, 6) is 3.67. The van der Waals surface area contributed by atoms with E-state index in [4.69, 9.17) is 20.8 Å². The molecule has 2 aliphatic rings. The molecule has 2 atom stereocenters. The summed E-state index contributed by atoms with van der Waals surface area (Å²) in [6, 6.07) is 4.75. The number of anilines is 1. The molecule has 0 N–H and O–H groups in total. The third-order valence-electron chi connectivity index (χ3n) is 6.47. The number of aryl methyl sites for hydroxylation is 1. The fraction of sp³-hybridized carbons (Fsp3) is 0.478. The maximum atomic E-state index is 14.4. The van der Waals surface area contributed by atoms with Gasteiger partial charge in [0, 0.05) is 26.1 Å². The molecule has 168 valence electrons. The minimum absolute atomic E-state index is 0.182. The van der Waals surface area contributed by atoms with Crippen LogP contribution < -0.4 is 9.64 Å². The Kier molecular flexibility index (Phi) is 5.95. The lowest BCUT2D eigenvalue weighted by Crippen LogP contribution is -2.35. The standard InChI is InChI=1S/C23H25ClFN5O2/c1-14-28-29-22(32-14)19-3-2-18(11-21(19)25)31-9-6-16-10-20(16)15-4-7-30(8-5-15)23-26-12-17(24)13-27-23/h2-3,11-13,15-16,20H,4-10H2,1H3/t16-,20-/m1/s1. The molecule has 32 heavy (non-hydrogen) atoms. The topological polar surface area (TPSA) is 77.2 Å². The summed E-state index contributed by atoms with van der Waals surface area (Å²) in [6.07, 6.45) is 7.88. The van der Waals surface area contributed by atoms with Crippen LogP contribution in [0.3, 0.4) is 0 Å². The predicted octanol–water partition coefficient (Wildman–Crippen LogP) is 4.95. The normalized spacial score (nSPS) is 21.0.